The van der Waals surface area contributed by atoms with Crippen LogP contribution in [0.15, 0.2) is 84.9 Å². The zero-order valence-corrected chi connectivity index (χ0v) is 22.5. The predicted molar refractivity (Wildman–Crippen MR) is 155 cm³/mol. The summed E-state index contributed by atoms with van der Waals surface area (Å²) in [6.45, 7) is 3.86. The lowest BCUT2D eigenvalue weighted by Gasteiger charge is -2.33. The Morgan fingerprint density at radius 3 is 2.29 bits per heavy atom. The normalized spacial score (nSPS) is 14.3. The standard InChI is InChI=1S/C33H38N2O3/c1-34(2)20-21-37-29-11-8-25(9-12-29)22-32-31-14-13-30(38-24-26-6-4-3-5-7-26)23-27(31)10-15-33(32)35-18-16-28(36)17-19-35/h3-15,23,28,36H,16-22,24H2,1-2H3. The van der Waals surface area contributed by atoms with Gasteiger partial charge in [-0.1, -0.05) is 54.6 Å². The van der Waals surface area contributed by atoms with Crippen molar-refractivity contribution >= 4 is 16.5 Å². The molecule has 0 spiro atoms. The van der Waals surface area contributed by atoms with Crippen LogP contribution in [0.1, 0.15) is 29.5 Å². The average Bonchev–Trinajstić information content (AvgIpc) is 2.94. The van der Waals surface area contributed by atoms with E-state index in [1.807, 2.05) is 18.2 Å². The summed E-state index contributed by atoms with van der Waals surface area (Å²) in [6.07, 6.45) is 2.25. The lowest BCUT2D eigenvalue weighted by Crippen LogP contribution is -2.36. The predicted octanol–water partition coefficient (Wildman–Crippen LogP) is 5.91. The Kier molecular flexibility index (Phi) is 8.47. The van der Waals surface area contributed by atoms with Gasteiger partial charge in [0.25, 0.3) is 0 Å². The molecule has 0 amide bonds. The third-order valence-electron chi connectivity index (χ3n) is 7.24. The van der Waals surface area contributed by atoms with Crippen LogP contribution in [0.25, 0.3) is 10.8 Å². The summed E-state index contributed by atoms with van der Waals surface area (Å²) in [6, 6.07) is 29.6. The Hall–Kier alpha value is -3.54. The van der Waals surface area contributed by atoms with Crippen molar-refractivity contribution in [3.05, 3.63) is 102 Å². The first kappa shape index (κ1) is 26.1. The van der Waals surface area contributed by atoms with E-state index >= 15 is 0 Å². The highest BCUT2D eigenvalue weighted by Gasteiger charge is 2.21. The first-order valence-electron chi connectivity index (χ1n) is 13.6. The van der Waals surface area contributed by atoms with Crippen LogP contribution in [-0.4, -0.2) is 56.4 Å². The fourth-order valence-corrected chi connectivity index (χ4v) is 5.03. The Labute approximate surface area is 226 Å². The summed E-state index contributed by atoms with van der Waals surface area (Å²) in [5.74, 6) is 1.78. The van der Waals surface area contributed by atoms with E-state index < -0.39 is 0 Å². The van der Waals surface area contributed by atoms with E-state index in [1.165, 1.54) is 27.6 Å². The fraction of sp³-hybridized carbons (Fsp3) is 0.333. The maximum Gasteiger partial charge on any atom is 0.120 e. The Morgan fingerprint density at radius 1 is 0.816 bits per heavy atom. The molecule has 0 atom stereocenters. The minimum Gasteiger partial charge on any atom is -0.492 e. The molecule has 0 saturated carbocycles. The molecule has 5 heteroatoms. The highest BCUT2D eigenvalue weighted by Crippen LogP contribution is 2.35. The number of aliphatic hydroxyl groups excluding tert-OH is 1. The molecule has 1 N–H and O–H groups in total. The van der Waals surface area contributed by atoms with E-state index in [0.29, 0.717) is 13.2 Å². The van der Waals surface area contributed by atoms with Crippen molar-refractivity contribution in [2.75, 3.05) is 45.2 Å². The molecule has 1 aliphatic heterocycles. The van der Waals surface area contributed by atoms with Gasteiger partial charge in [-0.2, -0.15) is 0 Å². The maximum absolute atomic E-state index is 10.1. The molecule has 1 heterocycles. The Bertz CT molecular complexity index is 1310. The number of fused-ring (bicyclic) bond motifs is 1. The number of hydrogen-bond acceptors (Lipinski definition) is 5. The molecule has 0 unspecified atom stereocenters. The second-order valence-electron chi connectivity index (χ2n) is 10.4. The lowest BCUT2D eigenvalue weighted by molar-refractivity contribution is 0.145. The van der Waals surface area contributed by atoms with E-state index in [-0.39, 0.29) is 6.10 Å². The molecule has 38 heavy (non-hydrogen) atoms. The van der Waals surface area contributed by atoms with Crippen molar-refractivity contribution in [1.82, 2.24) is 4.90 Å². The largest absolute Gasteiger partial charge is 0.492 e. The summed E-state index contributed by atoms with van der Waals surface area (Å²) >= 11 is 0. The second kappa shape index (κ2) is 12.3. The van der Waals surface area contributed by atoms with Crippen molar-refractivity contribution in [2.24, 2.45) is 0 Å². The fourth-order valence-electron chi connectivity index (χ4n) is 5.03. The van der Waals surface area contributed by atoms with Crippen molar-refractivity contribution in [2.45, 2.75) is 32.0 Å². The van der Waals surface area contributed by atoms with Crippen LogP contribution in [0.3, 0.4) is 0 Å². The molecular formula is C33H38N2O3. The highest BCUT2D eigenvalue weighted by molar-refractivity contribution is 5.91. The molecule has 1 fully saturated rings. The molecule has 1 aliphatic rings. The monoisotopic (exact) mass is 510 g/mol. The SMILES string of the molecule is CN(C)CCOc1ccc(Cc2c(N3CCC(O)CC3)ccc3cc(OCc4ccccc4)ccc23)cc1. The van der Waals surface area contributed by atoms with Gasteiger partial charge in [0.2, 0.25) is 0 Å². The molecule has 0 aromatic heterocycles. The molecule has 0 bridgehead atoms. The topological polar surface area (TPSA) is 45.2 Å². The van der Waals surface area contributed by atoms with Crippen LogP contribution >= 0.6 is 0 Å². The lowest BCUT2D eigenvalue weighted by atomic mass is 9.94. The van der Waals surface area contributed by atoms with Crippen LogP contribution in [0.5, 0.6) is 11.5 Å². The number of anilines is 1. The highest BCUT2D eigenvalue weighted by atomic mass is 16.5. The van der Waals surface area contributed by atoms with E-state index in [0.717, 1.165) is 56.0 Å². The van der Waals surface area contributed by atoms with Gasteiger partial charge in [0.05, 0.1) is 6.10 Å². The summed E-state index contributed by atoms with van der Waals surface area (Å²) in [4.78, 5) is 4.55. The number of piperidine rings is 1. The number of likely N-dealkylation sites (N-methyl/N-ethyl adjacent to an activating group) is 1. The van der Waals surface area contributed by atoms with Gasteiger partial charge < -0.3 is 24.4 Å². The van der Waals surface area contributed by atoms with Crippen molar-refractivity contribution in [1.29, 1.82) is 0 Å². The zero-order valence-electron chi connectivity index (χ0n) is 22.5. The van der Waals surface area contributed by atoms with Crippen molar-refractivity contribution < 1.29 is 14.6 Å². The van der Waals surface area contributed by atoms with Gasteiger partial charge in [0, 0.05) is 31.7 Å². The second-order valence-corrected chi connectivity index (χ2v) is 10.4. The van der Waals surface area contributed by atoms with E-state index in [1.54, 1.807) is 0 Å². The molecule has 5 rings (SSSR count). The maximum atomic E-state index is 10.1. The van der Waals surface area contributed by atoms with Gasteiger partial charge in [0.15, 0.2) is 0 Å². The summed E-state index contributed by atoms with van der Waals surface area (Å²) in [5, 5.41) is 12.5. The molecule has 5 nitrogen and oxygen atoms in total. The molecular weight excluding hydrogens is 472 g/mol. The third kappa shape index (κ3) is 6.66. The number of hydrogen-bond donors (Lipinski definition) is 1. The quantitative estimate of drug-likeness (QED) is 0.287. The number of aliphatic hydroxyl groups is 1. The van der Waals surface area contributed by atoms with Gasteiger partial charge in [-0.05, 0) is 84.7 Å². The first-order chi connectivity index (χ1) is 18.5. The Balaban J connectivity index is 1.40. The molecule has 198 valence electrons. The summed E-state index contributed by atoms with van der Waals surface area (Å²) in [5.41, 5.74) is 4.98. The average molecular weight is 511 g/mol. The smallest absolute Gasteiger partial charge is 0.120 e. The van der Waals surface area contributed by atoms with Crippen LogP contribution in [0.2, 0.25) is 0 Å². The van der Waals surface area contributed by atoms with Crippen LogP contribution < -0.4 is 14.4 Å². The molecule has 4 aromatic rings. The van der Waals surface area contributed by atoms with E-state index in [2.05, 4.69) is 90.6 Å². The first-order valence-corrected chi connectivity index (χ1v) is 13.6. The van der Waals surface area contributed by atoms with Gasteiger partial charge in [-0.15, -0.1) is 0 Å². The number of rotatable bonds is 10. The number of benzene rings is 4. The number of ether oxygens (including phenoxy) is 2. The minimum atomic E-state index is -0.195. The molecule has 4 aromatic carbocycles. The van der Waals surface area contributed by atoms with Gasteiger partial charge in [-0.25, -0.2) is 0 Å². The molecule has 0 aliphatic carbocycles. The minimum absolute atomic E-state index is 0.195. The number of nitrogens with zero attached hydrogens (tertiary/aromatic N) is 2. The van der Waals surface area contributed by atoms with Gasteiger partial charge in [-0.3, -0.25) is 0 Å². The summed E-state index contributed by atoms with van der Waals surface area (Å²) in [7, 11) is 4.10. The third-order valence-corrected chi connectivity index (χ3v) is 7.24. The zero-order chi connectivity index (χ0) is 26.3. The molecule has 1 saturated heterocycles. The van der Waals surface area contributed by atoms with Crippen molar-refractivity contribution in [3.63, 3.8) is 0 Å². The molecule has 0 radical (unpaired) electrons. The van der Waals surface area contributed by atoms with Crippen LogP contribution in [-0.2, 0) is 13.0 Å². The summed E-state index contributed by atoms with van der Waals surface area (Å²) < 4.78 is 12.0. The van der Waals surface area contributed by atoms with Crippen LogP contribution in [0, 0.1) is 0 Å². The van der Waals surface area contributed by atoms with Gasteiger partial charge >= 0.3 is 0 Å². The van der Waals surface area contributed by atoms with E-state index in [9.17, 15) is 5.11 Å². The van der Waals surface area contributed by atoms with Crippen molar-refractivity contribution in [3.8, 4) is 11.5 Å². The van der Waals surface area contributed by atoms with Crippen LogP contribution in [0.4, 0.5) is 5.69 Å². The van der Waals surface area contributed by atoms with Gasteiger partial charge in [0.1, 0.15) is 24.7 Å². The van der Waals surface area contributed by atoms with E-state index in [4.69, 9.17) is 9.47 Å². The Morgan fingerprint density at radius 2 is 1.55 bits per heavy atom.